The Kier molecular flexibility index (Phi) is 7.53. The number of benzene rings is 1. The number of pyridine rings is 1. The van der Waals surface area contributed by atoms with Crippen LogP contribution < -0.4 is 5.32 Å². The van der Waals surface area contributed by atoms with Crippen molar-refractivity contribution in [3.05, 3.63) is 77.1 Å². The van der Waals surface area contributed by atoms with Gasteiger partial charge in [0, 0.05) is 85.7 Å². The lowest BCUT2D eigenvalue weighted by molar-refractivity contribution is -0.124. The van der Waals surface area contributed by atoms with E-state index in [4.69, 9.17) is 9.97 Å². The molecule has 7 nitrogen and oxygen atoms in total. The van der Waals surface area contributed by atoms with Gasteiger partial charge in [0.15, 0.2) is 11.6 Å². The molecule has 208 valence electrons. The number of aromatic nitrogens is 3. The smallest absolute Gasteiger partial charge is 0.216 e. The molecule has 1 amide bonds. The summed E-state index contributed by atoms with van der Waals surface area (Å²) in [7, 11) is 3.86. The zero-order chi connectivity index (χ0) is 28.6. The maximum absolute atomic E-state index is 15.2. The third kappa shape index (κ3) is 5.15. The van der Waals surface area contributed by atoms with Crippen LogP contribution in [0.15, 0.2) is 54.4 Å². The second-order valence-electron chi connectivity index (χ2n) is 11.5. The van der Waals surface area contributed by atoms with Crippen molar-refractivity contribution < 1.29 is 14.0 Å². The normalized spacial score (nSPS) is 22.9. The van der Waals surface area contributed by atoms with Crippen LogP contribution in [-0.2, 0) is 27.8 Å². The molecule has 0 radical (unpaired) electrons. The number of hydrogen-bond donors (Lipinski definition) is 1. The maximum Gasteiger partial charge on any atom is 0.216 e. The first-order chi connectivity index (χ1) is 19.1. The quantitative estimate of drug-likeness (QED) is 0.447. The minimum atomic E-state index is -0.415. The number of halogens is 1. The third-order valence-corrected chi connectivity index (χ3v) is 8.34. The molecule has 40 heavy (non-hydrogen) atoms. The van der Waals surface area contributed by atoms with E-state index in [1.54, 1.807) is 18.3 Å². The number of nitrogens with one attached hydrogen (secondary N) is 1. The van der Waals surface area contributed by atoms with Crippen molar-refractivity contribution in [2.75, 3.05) is 20.6 Å². The van der Waals surface area contributed by atoms with Crippen LogP contribution >= 0.6 is 0 Å². The van der Waals surface area contributed by atoms with E-state index in [1.165, 1.54) is 13.0 Å². The van der Waals surface area contributed by atoms with Gasteiger partial charge in [0.25, 0.3) is 0 Å². The third-order valence-electron chi connectivity index (χ3n) is 8.34. The van der Waals surface area contributed by atoms with Crippen molar-refractivity contribution >= 4 is 11.7 Å². The van der Waals surface area contributed by atoms with Gasteiger partial charge < -0.3 is 10.2 Å². The van der Waals surface area contributed by atoms with Crippen molar-refractivity contribution in [2.45, 2.75) is 51.9 Å². The summed E-state index contributed by atoms with van der Waals surface area (Å²) in [6.45, 7) is 6.20. The second-order valence-corrected chi connectivity index (χ2v) is 11.5. The Labute approximate surface area is 235 Å². The van der Waals surface area contributed by atoms with Gasteiger partial charge in [-0.25, -0.2) is 14.4 Å². The van der Waals surface area contributed by atoms with E-state index in [1.807, 2.05) is 50.3 Å². The molecule has 2 aromatic heterocycles. The highest BCUT2D eigenvalue weighted by Gasteiger charge is 2.51. The van der Waals surface area contributed by atoms with Crippen LogP contribution in [-0.4, -0.2) is 52.2 Å². The summed E-state index contributed by atoms with van der Waals surface area (Å²) in [5, 5.41) is 2.80. The summed E-state index contributed by atoms with van der Waals surface area (Å²) in [6, 6.07) is 10.5. The van der Waals surface area contributed by atoms with Gasteiger partial charge in [-0.05, 0) is 49.4 Å². The molecule has 0 bridgehead atoms. The van der Waals surface area contributed by atoms with Crippen LogP contribution in [0.1, 0.15) is 50.6 Å². The molecule has 3 aromatic rings. The standard InChI is InChI=1S/C32H36FN5O2/c1-19-26-11-10-25-28(24-8-6-7-9-27(24)33)36-31(21-12-14-35-23(16-21)13-15-34-20(2)39)37-30(25)32(26,3)17-22(29(19)40)18-38(4)5/h6-9,12,14,16,18-19,26H,10-11,13,15,17H2,1-5H3,(H,34,39)/b22-18-/t19-,26-,32-/m1/s1. The summed E-state index contributed by atoms with van der Waals surface area (Å²) in [4.78, 5) is 41.2. The van der Waals surface area contributed by atoms with Crippen LogP contribution in [0.4, 0.5) is 4.39 Å². The molecule has 0 saturated heterocycles. The topological polar surface area (TPSA) is 88.1 Å². The van der Waals surface area contributed by atoms with E-state index in [2.05, 4.69) is 17.2 Å². The van der Waals surface area contributed by atoms with Gasteiger partial charge >= 0.3 is 0 Å². The van der Waals surface area contributed by atoms with Crippen LogP contribution in [0.5, 0.6) is 0 Å². The fourth-order valence-corrected chi connectivity index (χ4v) is 6.51. The number of rotatable bonds is 6. The monoisotopic (exact) mass is 541 g/mol. The number of fused-ring (bicyclic) bond motifs is 3. The first-order valence-corrected chi connectivity index (χ1v) is 13.9. The van der Waals surface area contributed by atoms with Crippen LogP contribution in [0.25, 0.3) is 22.6 Å². The molecule has 2 heterocycles. The Balaban J connectivity index is 1.68. The van der Waals surface area contributed by atoms with E-state index in [9.17, 15) is 9.59 Å². The first-order valence-electron chi connectivity index (χ1n) is 13.9. The van der Waals surface area contributed by atoms with Gasteiger partial charge in [0.2, 0.25) is 5.91 Å². The number of hydrogen-bond acceptors (Lipinski definition) is 6. The van der Waals surface area contributed by atoms with Crippen molar-refractivity contribution in [2.24, 2.45) is 11.8 Å². The lowest BCUT2D eigenvalue weighted by atomic mass is 9.55. The molecule has 0 aliphatic heterocycles. The highest BCUT2D eigenvalue weighted by Crippen LogP contribution is 2.53. The first kappa shape index (κ1) is 27.6. The zero-order valence-corrected chi connectivity index (χ0v) is 23.8. The van der Waals surface area contributed by atoms with E-state index >= 15 is 4.39 Å². The Hall–Kier alpha value is -3.94. The summed E-state index contributed by atoms with van der Waals surface area (Å²) >= 11 is 0. The lowest BCUT2D eigenvalue weighted by Gasteiger charge is -2.49. The van der Waals surface area contributed by atoms with Gasteiger partial charge in [-0.2, -0.15) is 0 Å². The SMILES string of the molecule is CC(=O)NCCc1cc(-c2nc(-c3ccccc3F)c3c(n2)[C@]2(C)C/C(=C/N(C)C)C(=O)[C@H](C)[C@H]2CC3)ccn1. The molecule has 1 aromatic carbocycles. The molecule has 3 atom stereocenters. The Morgan fingerprint density at radius 3 is 2.73 bits per heavy atom. The average molecular weight is 542 g/mol. The number of allylic oxidation sites excluding steroid dienone is 1. The predicted molar refractivity (Wildman–Crippen MR) is 153 cm³/mol. The van der Waals surface area contributed by atoms with Crippen molar-refractivity contribution in [1.29, 1.82) is 0 Å². The zero-order valence-electron chi connectivity index (χ0n) is 23.8. The van der Waals surface area contributed by atoms with E-state index in [0.717, 1.165) is 34.5 Å². The summed E-state index contributed by atoms with van der Waals surface area (Å²) in [6.07, 6.45) is 6.28. The predicted octanol–water partition coefficient (Wildman–Crippen LogP) is 4.90. The highest BCUT2D eigenvalue weighted by atomic mass is 19.1. The van der Waals surface area contributed by atoms with Gasteiger partial charge in [-0.15, -0.1) is 0 Å². The van der Waals surface area contributed by atoms with E-state index < -0.39 is 5.41 Å². The summed E-state index contributed by atoms with van der Waals surface area (Å²) < 4.78 is 15.2. The fraction of sp³-hybridized carbons (Fsp3) is 0.406. The van der Waals surface area contributed by atoms with Crippen molar-refractivity contribution in [1.82, 2.24) is 25.2 Å². The minimum Gasteiger partial charge on any atom is -0.383 e. The van der Waals surface area contributed by atoms with Gasteiger partial charge in [0.05, 0.1) is 11.4 Å². The van der Waals surface area contributed by atoms with Gasteiger partial charge in [-0.1, -0.05) is 26.0 Å². The number of amides is 1. The molecular weight excluding hydrogens is 505 g/mol. The number of carbonyl (C=O) groups is 2. The van der Waals surface area contributed by atoms with Crippen LogP contribution in [0.3, 0.4) is 0 Å². The molecule has 1 N–H and O–H groups in total. The molecule has 8 heteroatoms. The number of Topliss-reactive ketones (excluding diaryl/α,β-unsaturated/α-hetero) is 1. The Morgan fingerprint density at radius 2 is 2.00 bits per heavy atom. The summed E-state index contributed by atoms with van der Waals surface area (Å²) in [5.74, 6) is 0.261. The van der Waals surface area contributed by atoms with Gasteiger partial charge in [-0.3, -0.25) is 14.6 Å². The lowest BCUT2D eigenvalue weighted by Crippen LogP contribution is -2.48. The minimum absolute atomic E-state index is 0.0885. The van der Waals surface area contributed by atoms with Crippen LogP contribution in [0, 0.1) is 17.7 Å². The Bertz CT molecular complexity index is 1500. The maximum atomic E-state index is 15.2. The van der Waals surface area contributed by atoms with Crippen LogP contribution in [0.2, 0.25) is 0 Å². The molecule has 0 spiro atoms. The van der Waals surface area contributed by atoms with E-state index in [0.29, 0.717) is 42.9 Å². The largest absolute Gasteiger partial charge is 0.383 e. The molecule has 5 rings (SSSR count). The number of ketones is 1. The Morgan fingerprint density at radius 1 is 1.23 bits per heavy atom. The molecule has 0 unspecified atom stereocenters. The number of nitrogens with zero attached hydrogens (tertiary/aromatic N) is 4. The highest BCUT2D eigenvalue weighted by molar-refractivity contribution is 5.98. The number of carbonyl (C=O) groups excluding carboxylic acids is 2. The van der Waals surface area contributed by atoms with Gasteiger partial charge in [0.1, 0.15) is 5.82 Å². The molecular formula is C32H36FN5O2. The molecule has 1 fully saturated rings. The van der Waals surface area contributed by atoms with Crippen molar-refractivity contribution in [3.63, 3.8) is 0 Å². The molecule has 1 saturated carbocycles. The molecule has 2 aliphatic rings. The summed E-state index contributed by atoms with van der Waals surface area (Å²) in [5.41, 5.74) is 4.87. The molecule has 2 aliphatic carbocycles. The fourth-order valence-electron chi connectivity index (χ4n) is 6.51. The average Bonchev–Trinajstić information content (AvgIpc) is 2.91. The van der Waals surface area contributed by atoms with Crippen molar-refractivity contribution in [3.8, 4) is 22.6 Å². The van der Waals surface area contributed by atoms with E-state index in [-0.39, 0.29) is 29.3 Å². The second kappa shape index (κ2) is 10.9.